The lowest BCUT2D eigenvalue weighted by atomic mass is 9.99. The second kappa shape index (κ2) is 54.1. The van der Waals surface area contributed by atoms with E-state index >= 15 is 0 Å². The van der Waals surface area contributed by atoms with Crippen LogP contribution < -0.4 is 27.6 Å². The molecule has 32 heteroatoms. The number of pyridine rings is 4. The second-order valence-corrected chi connectivity index (χ2v) is 30.4. The van der Waals surface area contributed by atoms with Crippen LogP contribution in [-0.4, -0.2) is 123 Å². The van der Waals surface area contributed by atoms with Crippen LogP contribution in [0, 0.1) is 72.0 Å². The standard InChI is InChI=1S/C28H39N5O3.C26H35N5O3.C22H27N5O3.C20H23N5O3/c1-5-8-11-12-19-33-27(35)24(20-29)21(4)25(28(33)36)31-30-23-15-13-22(14-16-23)26(34)32(17-9-6-2)18-10-7-3;1-6-10-11-19(7-2)17-31-25(33)22(16-27)18(5)23(26(31)34)29-28-21-14-12-20(13-15-21)24(32)30(8-3)9-4;1-5-8-9-17-18(14-23)21(29)26(4)22(30)19(17)25-24-16-12-10-15(11-13-16)20(28)27(6-2)7-3;1-4-6-11-25-19(27)16(12-21)13(3)17(20(25)28)24-23-15-9-7-14(8-10-15)18(26)22-5-2/h13-16,35H,5-12,17-19H2,1-4H3;12-15,19,33H,6-11,17H2,1-5H3;10-13,29H,5-9H2,1-4H3;7-10,27H,4-6,11H2,1-3H3,(H,22,26). The molecule has 5 N–H and O–H groups in total. The number of nitriles is 4. The van der Waals surface area contributed by atoms with E-state index in [9.17, 15) is 79.8 Å². The van der Waals surface area contributed by atoms with E-state index in [4.69, 9.17) is 0 Å². The average Bonchev–Trinajstić information content (AvgIpc) is 0.798. The molecule has 8 aromatic rings. The third-order valence-corrected chi connectivity index (χ3v) is 21.6. The molecule has 0 aliphatic heterocycles. The average molecular weight is 1750 g/mol. The lowest BCUT2D eigenvalue weighted by Gasteiger charge is -2.22. The summed E-state index contributed by atoms with van der Waals surface area (Å²) < 4.78 is 4.60. The Morgan fingerprint density at radius 1 is 0.383 bits per heavy atom. The van der Waals surface area contributed by atoms with E-state index in [1.165, 1.54) is 16.2 Å². The Morgan fingerprint density at radius 3 is 1.06 bits per heavy atom. The van der Waals surface area contributed by atoms with Crippen LogP contribution in [0.25, 0.3) is 0 Å². The van der Waals surface area contributed by atoms with Crippen LogP contribution in [0.3, 0.4) is 0 Å². The molecule has 0 saturated heterocycles. The monoisotopic (exact) mass is 1750 g/mol. The minimum absolute atomic E-state index is 0.000566. The van der Waals surface area contributed by atoms with Crippen molar-refractivity contribution in [1.82, 2.24) is 38.3 Å². The molecule has 0 radical (unpaired) electrons. The second-order valence-electron chi connectivity index (χ2n) is 30.4. The van der Waals surface area contributed by atoms with Crippen LogP contribution in [0.1, 0.15) is 272 Å². The number of nitrogens with zero attached hydrogens (tertiary/aromatic N) is 19. The van der Waals surface area contributed by atoms with E-state index in [1.54, 1.807) is 128 Å². The molecule has 0 fully saturated rings. The number of aromatic nitrogens is 4. The van der Waals surface area contributed by atoms with E-state index < -0.39 is 22.2 Å². The van der Waals surface area contributed by atoms with E-state index in [0.717, 1.165) is 119 Å². The molecule has 4 amide bonds. The lowest BCUT2D eigenvalue weighted by molar-refractivity contribution is 0.0747. The quantitative estimate of drug-likeness (QED) is 0.0176. The first-order valence-corrected chi connectivity index (χ1v) is 44.2. The van der Waals surface area contributed by atoms with E-state index in [-0.39, 0.29) is 104 Å². The minimum Gasteiger partial charge on any atom is -0.493 e. The fraction of sp³-hybridized carbons (Fsp3) is 0.458. The van der Waals surface area contributed by atoms with Gasteiger partial charge in [-0.05, 0) is 203 Å². The third kappa shape index (κ3) is 28.3. The first-order chi connectivity index (χ1) is 61.5. The van der Waals surface area contributed by atoms with Crippen LogP contribution in [0.4, 0.5) is 45.5 Å². The highest BCUT2D eigenvalue weighted by molar-refractivity contribution is 5.96. The van der Waals surface area contributed by atoms with Crippen molar-refractivity contribution in [3.63, 3.8) is 0 Å². The van der Waals surface area contributed by atoms with Gasteiger partial charge in [-0.25, -0.2) is 0 Å². The highest BCUT2D eigenvalue weighted by Crippen LogP contribution is 2.34. The molecule has 32 nitrogen and oxygen atoms in total. The molecule has 4 heterocycles. The highest BCUT2D eigenvalue weighted by atomic mass is 16.3. The molecule has 0 aliphatic rings. The molecule has 8 rings (SSSR count). The summed E-state index contributed by atoms with van der Waals surface area (Å²) in [4.78, 5) is 107. The summed E-state index contributed by atoms with van der Waals surface area (Å²) in [6.45, 7) is 34.1. The molecular weight excluding hydrogens is 1630 g/mol. The van der Waals surface area contributed by atoms with Gasteiger partial charge in [0, 0.05) is 117 Å². The fourth-order valence-electron chi connectivity index (χ4n) is 13.5. The van der Waals surface area contributed by atoms with Gasteiger partial charge >= 0.3 is 0 Å². The van der Waals surface area contributed by atoms with Crippen LogP contribution in [0.5, 0.6) is 23.5 Å². The molecule has 128 heavy (non-hydrogen) atoms. The molecule has 0 spiro atoms. The molecular formula is C96H124N20O12. The number of benzene rings is 4. The van der Waals surface area contributed by atoms with Crippen molar-refractivity contribution in [1.29, 1.82) is 21.0 Å². The molecule has 1 atom stereocenters. The molecule has 4 aromatic carbocycles. The lowest BCUT2D eigenvalue weighted by Crippen LogP contribution is -2.32. The normalized spacial score (nSPS) is 11.2. The summed E-state index contributed by atoms with van der Waals surface area (Å²) in [5.41, 5.74) is 3.61. The van der Waals surface area contributed by atoms with Crippen LogP contribution in [-0.2, 0) is 33.1 Å². The number of aromatic hydroxyl groups is 4. The van der Waals surface area contributed by atoms with Gasteiger partial charge in [0.15, 0.2) is 22.7 Å². The Balaban J connectivity index is 0.000000304. The molecule has 0 saturated carbocycles. The largest absolute Gasteiger partial charge is 0.493 e. The van der Waals surface area contributed by atoms with Crippen molar-refractivity contribution in [2.75, 3.05) is 45.8 Å². The number of carbonyl (C=O) groups is 4. The first kappa shape index (κ1) is 105. The molecule has 1 unspecified atom stereocenters. The topological polar surface area (TPSA) is 453 Å². The van der Waals surface area contributed by atoms with Crippen molar-refractivity contribution in [3.8, 4) is 47.8 Å². The number of carbonyl (C=O) groups excluding carboxylic acids is 4. The molecule has 0 aliphatic carbocycles. The maximum absolute atomic E-state index is 13.2. The Labute approximate surface area is 749 Å². The van der Waals surface area contributed by atoms with Crippen LogP contribution in [0.15, 0.2) is 157 Å². The summed E-state index contributed by atoms with van der Waals surface area (Å²) in [7, 11) is 1.38. The maximum atomic E-state index is 13.2. The Hall–Kier alpha value is -13.9. The fourth-order valence-corrected chi connectivity index (χ4v) is 13.5. The summed E-state index contributed by atoms with van der Waals surface area (Å²) in [5.74, 6) is -1.45. The third-order valence-electron chi connectivity index (χ3n) is 21.6. The van der Waals surface area contributed by atoms with Gasteiger partial charge in [-0.15, -0.1) is 20.5 Å². The van der Waals surface area contributed by atoms with Crippen molar-refractivity contribution < 1.29 is 39.6 Å². The van der Waals surface area contributed by atoms with Gasteiger partial charge in [0.1, 0.15) is 46.5 Å². The van der Waals surface area contributed by atoms with Crippen molar-refractivity contribution in [3.05, 3.63) is 205 Å². The van der Waals surface area contributed by atoms with E-state index in [1.807, 2.05) is 77.6 Å². The van der Waals surface area contributed by atoms with Gasteiger partial charge in [0.25, 0.3) is 45.9 Å². The minimum atomic E-state index is -0.519. The zero-order valence-corrected chi connectivity index (χ0v) is 77.0. The number of azo groups is 4. The predicted octanol–water partition coefficient (Wildman–Crippen LogP) is 20.5. The van der Waals surface area contributed by atoms with Gasteiger partial charge in [-0.3, -0.25) is 56.6 Å². The van der Waals surface area contributed by atoms with Gasteiger partial charge in [-0.1, -0.05) is 113 Å². The summed E-state index contributed by atoms with van der Waals surface area (Å²) in [6, 6.07) is 34.5. The summed E-state index contributed by atoms with van der Waals surface area (Å²) >= 11 is 0. The van der Waals surface area contributed by atoms with Crippen molar-refractivity contribution >= 4 is 69.1 Å². The first-order valence-electron chi connectivity index (χ1n) is 44.2. The van der Waals surface area contributed by atoms with Crippen LogP contribution in [0.2, 0.25) is 0 Å². The van der Waals surface area contributed by atoms with Gasteiger partial charge in [0.05, 0.1) is 22.7 Å². The maximum Gasteiger partial charge on any atom is 0.281 e. The van der Waals surface area contributed by atoms with E-state index in [2.05, 4.69) is 80.8 Å². The number of unbranched alkanes of at least 4 members (excludes halogenated alkanes) is 8. The van der Waals surface area contributed by atoms with Crippen molar-refractivity contribution in [2.24, 2.45) is 53.9 Å². The molecule has 0 bridgehead atoms. The van der Waals surface area contributed by atoms with Crippen LogP contribution >= 0.6 is 0 Å². The molecule has 4 aromatic heterocycles. The zero-order valence-electron chi connectivity index (χ0n) is 77.0. The Kier molecular flexibility index (Phi) is 44.2. The van der Waals surface area contributed by atoms with Gasteiger partial charge in [-0.2, -0.15) is 41.5 Å². The van der Waals surface area contributed by atoms with Gasteiger partial charge in [0.2, 0.25) is 23.5 Å². The summed E-state index contributed by atoms with van der Waals surface area (Å²) in [5, 5.41) is 115. The van der Waals surface area contributed by atoms with Gasteiger partial charge < -0.3 is 40.4 Å². The Morgan fingerprint density at radius 2 is 0.719 bits per heavy atom. The van der Waals surface area contributed by atoms with Crippen molar-refractivity contribution in [2.45, 2.75) is 233 Å². The Bertz CT molecular complexity index is 5630. The number of hydrogen-bond donors (Lipinski definition) is 5. The number of nitrogens with one attached hydrogen (secondary N) is 1. The zero-order chi connectivity index (χ0) is 94.7. The predicted molar refractivity (Wildman–Crippen MR) is 495 cm³/mol. The van der Waals surface area contributed by atoms with E-state index in [0.29, 0.717) is 127 Å². The number of amides is 4. The summed E-state index contributed by atoms with van der Waals surface area (Å²) in [6.07, 6.45) is 15.1. The number of hydrogen-bond acceptors (Lipinski definition) is 24. The molecule has 680 valence electrons. The highest BCUT2D eigenvalue weighted by Gasteiger charge is 2.26. The smallest absolute Gasteiger partial charge is 0.281 e. The number of rotatable bonds is 40. The SMILES string of the molecule is CCCCC(CC)Cn1c(O)c(C#N)c(C)c(N=Nc2ccc(C(=O)N(CC)CC)cc2)c1=O.CCCCCCn1c(O)c(C#N)c(C)c(N=Nc2ccc(C(=O)N(CCCC)CCCC)cc2)c1=O.CCCCc1c(C#N)c(O)n(C)c(=O)c1N=Nc1ccc(C(=O)N(CC)CC)cc1.CCCCn1c(O)c(C#N)c(C)c(N=Nc2ccc(C(=O)NCC)cc2)c1=O.